The van der Waals surface area contributed by atoms with E-state index >= 15 is 0 Å². The molecule has 0 spiro atoms. The highest BCUT2D eigenvalue weighted by molar-refractivity contribution is 5.94. The predicted molar refractivity (Wildman–Crippen MR) is 87.2 cm³/mol. The average Bonchev–Trinajstić information content (AvgIpc) is 3.20. The standard InChI is InChI=1S/C18H18N4O/c1-13-6-4-7-14(12-13)18(23)21-11-5-8-15(21)17-20-19-16-9-2-3-10-22(16)17/h2-4,6-7,9-10,12,15H,5,8,11H2,1H3/t15-/m1/s1. The maximum atomic E-state index is 12.9. The van der Waals surface area contributed by atoms with Gasteiger partial charge in [0, 0.05) is 18.3 Å². The minimum Gasteiger partial charge on any atom is -0.328 e. The third-order valence-corrected chi connectivity index (χ3v) is 4.42. The second-order valence-corrected chi connectivity index (χ2v) is 6.01. The van der Waals surface area contributed by atoms with Gasteiger partial charge in [-0.3, -0.25) is 9.20 Å². The van der Waals surface area contributed by atoms with Gasteiger partial charge < -0.3 is 4.90 Å². The van der Waals surface area contributed by atoms with E-state index in [1.54, 1.807) is 0 Å². The van der Waals surface area contributed by atoms with E-state index in [9.17, 15) is 4.79 Å². The summed E-state index contributed by atoms with van der Waals surface area (Å²) in [5, 5.41) is 8.56. The summed E-state index contributed by atoms with van der Waals surface area (Å²) >= 11 is 0. The number of nitrogens with zero attached hydrogens (tertiary/aromatic N) is 4. The summed E-state index contributed by atoms with van der Waals surface area (Å²) in [6, 6.07) is 13.6. The fourth-order valence-electron chi connectivity index (χ4n) is 3.31. The lowest BCUT2D eigenvalue weighted by Gasteiger charge is -2.23. The van der Waals surface area contributed by atoms with Crippen LogP contribution in [0.2, 0.25) is 0 Å². The smallest absolute Gasteiger partial charge is 0.254 e. The highest BCUT2D eigenvalue weighted by Crippen LogP contribution is 2.32. The van der Waals surface area contributed by atoms with Crippen molar-refractivity contribution in [3.8, 4) is 0 Å². The topological polar surface area (TPSA) is 50.5 Å². The van der Waals surface area contributed by atoms with Crippen LogP contribution in [0, 0.1) is 6.92 Å². The zero-order valence-corrected chi connectivity index (χ0v) is 13.0. The summed E-state index contributed by atoms with van der Waals surface area (Å²) < 4.78 is 1.98. The van der Waals surface area contributed by atoms with E-state index in [1.165, 1.54) is 0 Å². The Morgan fingerprint density at radius 2 is 2.09 bits per heavy atom. The Hall–Kier alpha value is -2.69. The fraction of sp³-hybridized carbons (Fsp3) is 0.278. The van der Waals surface area contributed by atoms with Crippen molar-refractivity contribution in [1.29, 1.82) is 0 Å². The van der Waals surface area contributed by atoms with Gasteiger partial charge in [0.15, 0.2) is 11.5 Å². The molecule has 4 rings (SSSR count). The largest absolute Gasteiger partial charge is 0.328 e. The molecule has 1 amide bonds. The SMILES string of the molecule is Cc1cccc(C(=O)N2CCC[C@@H]2c2nnc3ccccn23)c1. The molecule has 116 valence electrons. The van der Waals surface area contributed by atoms with Crippen molar-refractivity contribution in [3.05, 3.63) is 65.6 Å². The molecule has 5 nitrogen and oxygen atoms in total. The van der Waals surface area contributed by atoms with Crippen LogP contribution in [0.25, 0.3) is 5.65 Å². The van der Waals surface area contributed by atoms with Crippen LogP contribution < -0.4 is 0 Å². The molecule has 1 aromatic carbocycles. The van der Waals surface area contributed by atoms with Gasteiger partial charge in [0.25, 0.3) is 5.91 Å². The first kappa shape index (κ1) is 13.9. The first-order valence-corrected chi connectivity index (χ1v) is 7.91. The van der Waals surface area contributed by atoms with Crippen molar-refractivity contribution in [1.82, 2.24) is 19.5 Å². The van der Waals surface area contributed by atoms with Crippen LogP contribution in [-0.2, 0) is 0 Å². The molecule has 0 N–H and O–H groups in total. The average molecular weight is 306 g/mol. The van der Waals surface area contributed by atoms with Gasteiger partial charge in [-0.05, 0) is 44.0 Å². The van der Waals surface area contributed by atoms with Crippen LogP contribution in [-0.4, -0.2) is 31.9 Å². The summed E-state index contributed by atoms with van der Waals surface area (Å²) in [7, 11) is 0. The number of fused-ring (bicyclic) bond motifs is 1. The van der Waals surface area contributed by atoms with Gasteiger partial charge in [-0.15, -0.1) is 10.2 Å². The second-order valence-electron chi connectivity index (χ2n) is 6.01. The van der Waals surface area contributed by atoms with E-state index in [2.05, 4.69) is 10.2 Å². The van der Waals surface area contributed by atoms with E-state index in [0.717, 1.165) is 42.0 Å². The number of pyridine rings is 1. The molecule has 23 heavy (non-hydrogen) atoms. The number of aromatic nitrogens is 3. The molecule has 1 aliphatic heterocycles. The van der Waals surface area contributed by atoms with E-state index in [0.29, 0.717) is 0 Å². The highest BCUT2D eigenvalue weighted by atomic mass is 16.2. The van der Waals surface area contributed by atoms with Gasteiger partial charge in [-0.25, -0.2) is 0 Å². The van der Waals surface area contributed by atoms with E-state index in [1.807, 2.05) is 64.9 Å². The third-order valence-electron chi connectivity index (χ3n) is 4.42. The van der Waals surface area contributed by atoms with Crippen LogP contribution in [0.3, 0.4) is 0 Å². The van der Waals surface area contributed by atoms with Crippen LogP contribution in [0.4, 0.5) is 0 Å². The molecule has 1 aliphatic rings. The third kappa shape index (κ3) is 2.38. The molecule has 2 aromatic heterocycles. The lowest BCUT2D eigenvalue weighted by Crippen LogP contribution is -2.31. The van der Waals surface area contributed by atoms with Crippen molar-refractivity contribution in [2.75, 3.05) is 6.54 Å². The Morgan fingerprint density at radius 1 is 1.17 bits per heavy atom. The Labute approximate surface area is 134 Å². The van der Waals surface area contributed by atoms with Crippen LogP contribution >= 0.6 is 0 Å². The highest BCUT2D eigenvalue weighted by Gasteiger charge is 2.33. The molecule has 0 unspecified atom stereocenters. The number of hydrogen-bond acceptors (Lipinski definition) is 3. The Morgan fingerprint density at radius 3 is 2.96 bits per heavy atom. The van der Waals surface area contributed by atoms with Gasteiger partial charge in [0.2, 0.25) is 0 Å². The van der Waals surface area contributed by atoms with Gasteiger partial charge in [-0.2, -0.15) is 0 Å². The fourth-order valence-corrected chi connectivity index (χ4v) is 3.31. The van der Waals surface area contributed by atoms with Gasteiger partial charge in [-0.1, -0.05) is 23.8 Å². The quantitative estimate of drug-likeness (QED) is 0.731. The number of hydrogen-bond donors (Lipinski definition) is 0. The molecule has 5 heteroatoms. The molecule has 0 bridgehead atoms. The maximum absolute atomic E-state index is 12.9. The van der Waals surface area contributed by atoms with E-state index < -0.39 is 0 Å². The van der Waals surface area contributed by atoms with E-state index in [-0.39, 0.29) is 11.9 Å². The zero-order valence-electron chi connectivity index (χ0n) is 13.0. The number of likely N-dealkylation sites (tertiary alicyclic amines) is 1. The molecular weight excluding hydrogens is 288 g/mol. The molecule has 1 atom stereocenters. The zero-order chi connectivity index (χ0) is 15.8. The summed E-state index contributed by atoms with van der Waals surface area (Å²) in [5.74, 6) is 0.919. The van der Waals surface area contributed by atoms with Crippen molar-refractivity contribution in [2.45, 2.75) is 25.8 Å². The summed E-state index contributed by atoms with van der Waals surface area (Å²) in [6.45, 7) is 2.77. The Bertz CT molecular complexity index is 870. The Kier molecular flexibility index (Phi) is 3.33. The lowest BCUT2D eigenvalue weighted by atomic mass is 10.1. The van der Waals surface area contributed by atoms with Crippen LogP contribution in [0.15, 0.2) is 48.7 Å². The summed E-state index contributed by atoms with van der Waals surface area (Å²) in [5.41, 5.74) is 2.66. The molecule has 1 fully saturated rings. The monoisotopic (exact) mass is 306 g/mol. The predicted octanol–water partition coefficient (Wildman–Crippen LogP) is 3.02. The maximum Gasteiger partial charge on any atom is 0.254 e. The van der Waals surface area contributed by atoms with Gasteiger partial charge in [0.05, 0.1) is 6.04 Å². The molecule has 3 heterocycles. The number of rotatable bonds is 2. The Balaban J connectivity index is 1.70. The number of benzene rings is 1. The molecule has 0 saturated carbocycles. The number of aryl methyl sites for hydroxylation is 1. The van der Waals surface area contributed by atoms with Gasteiger partial charge in [0.1, 0.15) is 0 Å². The summed E-state index contributed by atoms with van der Waals surface area (Å²) in [6.07, 6.45) is 3.87. The first-order valence-electron chi connectivity index (χ1n) is 7.91. The second kappa shape index (κ2) is 5.50. The van der Waals surface area contributed by atoms with Crippen molar-refractivity contribution < 1.29 is 4.79 Å². The minimum absolute atomic E-state index is 0.0135. The molecule has 3 aromatic rings. The van der Waals surface area contributed by atoms with Crippen LogP contribution in [0.1, 0.15) is 40.6 Å². The van der Waals surface area contributed by atoms with Crippen LogP contribution in [0.5, 0.6) is 0 Å². The number of carbonyl (C=O) groups excluding carboxylic acids is 1. The van der Waals surface area contributed by atoms with Crippen molar-refractivity contribution in [3.63, 3.8) is 0 Å². The lowest BCUT2D eigenvalue weighted by molar-refractivity contribution is 0.0729. The normalized spacial score (nSPS) is 17.8. The van der Waals surface area contributed by atoms with E-state index in [4.69, 9.17) is 0 Å². The molecule has 0 aliphatic carbocycles. The van der Waals surface area contributed by atoms with Crippen molar-refractivity contribution >= 4 is 11.6 Å². The number of carbonyl (C=O) groups is 1. The van der Waals surface area contributed by atoms with Crippen molar-refractivity contribution in [2.24, 2.45) is 0 Å². The summed E-state index contributed by atoms with van der Waals surface area (Å²) in [4.78, 5) is 14.8. The first-order chi connectivity index (χ1) is 11.2. The molecular formula is C18H18N4O. The molecule has 0 radical (unpaired) electrons. The minimum atomic E-state index is -0.0135. The molecule has 1 saturated heterocycles. The van der Waals surface area contributed by atoms with Gasteiger partial charge >= 0.3 is 0 Å². The number of amides is 1.